The van der Waals surface area contributed by atoms with Gasteiger partial charge in [0.15, 0.2) is 0 Å². The molecule has 6 nitrogen and oxygen atoms in total. The van der Waals surface area contributed by atoms with Crippen molar-refractivity contribution < 1.29 is 19.1 Å². The van der Waals surface area contributed by atoms with Crippen LogP contribution in [0.3, 0.4) is 0 Å². The van der Waals surface area contributed by atoms with Crippen LogP contribution >= 0.6 is 11.8 Å². The standard InChI is InChI=1S/C27H22N2O4S/c1-32-24(30)21-22(25(31)33-2)27(18-13-7-4-8-14-18,34-23(21)17-11-5-3-6-12-17)26-28-19-15-9-10-16-20(19)29-26/h3-16,22H,1-2H3,(H,28,29)/t22-,27+/m1/s1. The minimum atomic E-state index is -1.08. The molecule has 7 heteroatoms. The van der Waals surface area contributed by atoms with Crippen molar-refractivity contribution in [2.75, 3.05) is 14.2 Å². The maximum absolute atomic E-state index is 13.5. The zero-order valence-corrected chi connectivity index (χ0v) is 19.5. The number of esters is 2. The number of benzene rings is 3. The predicted octanol–water partition coefficient (Wildman–Crippen LogP) is 4.93. The Morgan fingerprint density at radius 3 is 2.18 bits per heavy atom. The fourth-order valence-corrected chi connectivity index (χ4v) is 6.16. The largest absolute Gasteiger partial charge is 0.468 e. The molecule has 3 aromatic carbocycles. The molecule has 1 aliphatic rings. The Labute approximate surface area is 201 Å². The Hall–Kier alpha value is -3.84. The number of rotatable bonds is 5. The molecule has 0 saturated heterocycles. The molecule has 34 heavy (non-hydrogen) atoms. The lowest BCUT2D eigenvalue weighted by Crippen LogP contribution is -2.39. The number of methoxy groups -OCH3 is 2. The average molecular weight is 471 g/mol. The molecule has 170 valence electrons. The fourth-order valence-electron chi connectivity index (χ4n) is 4.50. The van der Waals surface area contributed by atoms with E-state index in [9.17, 15) is 9.59 Å². The van der Waals surface area contributed by atoms with Crippen molar-refractivity contribution in [1.29, 1.82) is 0 Å². The number of aromatic amines is 1. The summed E-state index contributed by atoms with van der Waals surface area (Å²) in [6.45, 7) is 0. The van der Waals surface area contributed by atoms with E-state index in [0.29, 0.717) is 10.7 Å². The second-order valence-corrected chi connectivity index (χ2v) is 9.12. The molecule has 4 aromatic rings. The smallest absolute Gasteiger partial charge is 0.335 e. The lowest BCUT2D eigenvalue weighted by molar-refractivity contribution is -0.148. The van der Waals surface area contributed by atoms with Crippen LogP contribution in [0.1, 0.15) is 17.0 Å². The van der Waals surface area contributed by atoms with E-state index >= 15 is 0 Å². The van der Waals surface area contributed by atoms with Gasteiger partial charge in [-0.3, -0.25) is 4.79 Å². The second kappa shape index (κ2) is 8.83. The van der Waals surface area contributed by atoms with E-state index in [0.717, 1.165) is 22.2 Å². The minimum absolute atomic E-state index is 0.259. The third-order valence-corrected chi connectivity index (χ3v) is 7.67. The molecule has 1 aliphatic heterocycles. The van der Waals surface area contributed by atoms with Gasteiger partial charge in [0.05, 0.1) is 30.8 Å². The Morgan fingerprint density at radius 1 is 0.882 bits per heavy atom. The molecule has 2 heterocycles. The number of hydrogen-bond acceptors (Lipinski definition) is 6. The maximum atomic E-state index is 13.5. The minimum Gasteiger partial charge on any atom is -0.468 e. The highest BCUT2D eigenvalue weighted by molar-refractivity contribution is 8.09. The molecule has 0 radical (unpaired) electrons. The van der Waals surface area contributed by atoms with E-state index in [1.165, 1.54) is 26.0 Å². The first kappa shape index (κ1) is 22.0. The van der Waals surface area contributed by atoms with Gasteiger partial charge in [-0.05, 0) is 23.3 Å². The van der Waals surface area contributed by atoms with E-state index in [4.69, 9.17) is 14.5 Å². The highest BCUT2D eigenvalue weighted by atomic mass is 32.2. The fraction of sp³-hybridized carbons (Fsp3) is 0.148. The average Bonchev–Trinajstić information content (AvgIpc) is 3.49. The van der Waals surface area contributed by atoms with Gasteiger partial charge in [0.2, 0.25) is 0 Å². The number of carbonyl (C=O) groups is 2. The zero-order chi connectivity index (χ0) is 23.7. The van der Waals surface area contributed by atoms with Crippen molar-refractivity contribution >= 4 is 39.6 Å². The van der Waals surface area contributed by atoms with Crippen molar-refractivity contribution in [2.24, 2.45) is 5.92 Å². The number of hydrogen-bond donors (Lipinski definition) is 1. The summed E-state index contributed by atoms with van der Waals surface area (Å²) in [6, 6.07) is 26.8. The molecule has 0 unspecified atom stereocenters. The third kappa shape index (κ3) is 3.40. The van der Waals surface area contributed by atoms with Gasteiger partial charge in [0.25, 0.3) is 0 Å². The quantitative estimate of drug-likeness (QED) is 0.417. The summed E-state index contributed by atoms with van der Waals surface area (Å²) in [7, 11) is 2.65. The van der Waals surface area contributed by atoms with Gasteiger partial charge in [-0.2, -0.15) is 0 Å². The summed E-state index contributed by atoms with van der Waals surface area (Å²) in [6.07, 6.45) is 0. The number of ether oxygens (including phenoxy) is 2. The Balaban J connectivity index is 1.85. The lowest BCUT2D eigenvalue weighted by atomic mass is 9.79. The molecule has 1 aromatic heterocycles. The molecule has 0 bridgehead atoms. The number of imidazole rings is 1. The molecule has 2 atom stereocenters. The summed E-state index contributed by atoms with van der Waals surface area (Å²) in [5.74, 6) is -1.54. The van der Waals surface area contributed by atoms with Gasteiger partial charge in [-0.1, -0.05) is 72.8 Å². The topological polar surface area (TPSA) is 81.3 Å². The van der Waals surface area contributed by atoms with Gasteiger partial charge in [-0.25, -0.2) is 9.78 Å². The van der Waals surface area contributed by atoms with E-state index < -0.39 is 22.6 Å². The van der Waals surface area contributed by atoms with Gasteiger partial charge in [0.1, 0.15) is 16.5 Å². The van der Waals surface area contributed by atoms with Gasteiger partial charge in [0, 0.05) is 4.91 Å². The van der Waals surface area contributed by atoms with Gasteiger partial charge in [-0.15, -0.1) is 11.8 Å². The van der Waals surface area contributed by atoms with Crippen LogP contribution in [0.25, 0.3) is 15.9 Å². The van der Waals surface area contributed by atoms with Crippen LogP contribution in [0, 0.1) is 5.92 Å². The van der Waals surface area contributed by atoms with Crippen LogP contribution in [0.15, 0.2) is 90.5 Å². The SMILES string of the molecule is COC(=O)C1=C(c2ccccc2)S[C@](c2ccccc2)(c2nc3ccccc3[nH]2)[C@H]1C(=O)OC. The number of nitrogens with one attached hydrogen (secondary N) is 1. The molecule has 0 fully saturated rings. The van der Waals surface area contributed by atoms with Crippen molar-refractivity contribution in [2.45, 2.75) is 4.75 Å². The van der Waals surface area contributed by atoms with Crippen LogP contribution in [0.5, 0.6) is 0 Å². The molecule has 0 amide bonds. The number of fused-ring (bicyclic) bond motifs is 1. The second-order valence-electron chi connectivity index (χ2n) is 7.86. The number of aromatic nitrogens is 2. The van der Waals surface area contributed by atoms with Crippen LogP contribution in [0.4, 0.5) is 0 Å². The number of thioether (sulfide) groups is 1. The van der Waals surface area contributed by atoms with Crippen LogP contribution in [0.2, 0.25) is 0 Å². The van der Waals surface area contributed by atoms with Crippen molar-refractivity contribution in [3.05, 3.63) is 107 Å². The number of H-pyrrole nitrogens is 1. The summed E-state index contributed by atoms with van der Waals surface area (Å²) in [4.78, 5) is 35.7. The van der Waals surface area contributed by atoms with Crippen molar-refractivity contribution in [1.82, 2.24) is 9.97 Å². The van der Waals surface area contributed by atoms with E-state index in [-0.39, 0.29) is 5.57 Å². The summed E-state index contributed by atoms with van der Waals surface area (Å²) >= 11 is 1.42. The Morgan fingerprint density at radius 2 is 1.53 bits per heavy atom. The molecule has 0 aliphatic carbocycles. The Bertz CT molecular complexity index is 1360. The number of nitrogens with zero attached hydrogens (tertiary/aromatic N) is 1. The molecule has 1 N–H and O–H groups in total. The normalized spacial score (nSPS) is 19.9. The van der Waals surface area contributed by atoms with Gasteiger partial charge < -0.3 is 14.5 Å². The number of carbonyl (C=O) groups excluding carboxylic acids is 2. The molecular weight excluding hydrogens is 448 g/mol. The van der Waals surface area contributed by atoms with E-state index in [1.807, 2.05) is 84.9 Å². The first-order chi connectivity index (χ1) is 16.6. The van der Waals surface area contributed by atoms with Crippen LogP contribution in [-0.4, -0.2) is 36.1 Å². The summed E-state index contributed by atoms with van der Waals surface area (Å²) in [5.41, 5.74) is 3.50. The maximum Gasteiger partial charge on any atom is 0.335 e. The highest BCUT2D eigenvalue weighted by Crippen LogP contribution is 2.62. The first-order valence-corrected chi connectivity index (χ1v) is 11.6. The number of para-hydroxylation sites is 2. The zero-order valence-electron chi connectivity index (χ0n) is 18.6. The summed E-state index contributed by atoms with van der Waals surface area (Å²) in [5, 5.41) is 0. The van der Waals surface area contributed by atoms with Crippen LogP contribution < -0.4 is 0 Å². The molecule has 0 saturated carbocycles. The highest BCUT2D eigenvalue weighted by Gasteiger charge is 2.59. The predicted molar refractivity (Wildman–Crippen MR) is 132 cm³/mol. The van der Waals surface area contributed by atoms with E-state index in [2.05, 4.69) is 4.98 Å². The Kier molecular flexibility index (Phi) is 5.71. The van der Waals surface area contributed by atoms with E-state index in [1.54, 1.807) is 0 Å². The molecular formula is C27H22N2O4S. The van der Waals surface area contributed by atoms with Crippen molar-refractivity contribution in [3.8, 4) is 0 Å². The van der Waals surface area contributed by atoms with Gasteiger partial charge >= 0.3 is 11.9 Å². The van der Waals surface area contributed by atoms with Crippen LogP contribution in [-0.2, 0) is 23.8 Å². The molecule has 0 spiro atoms. The van der Waals surface area contributed by atoms with Crippen molar-refractivity contribution in [3.63, 3.8) is 0 Å². The first-order valence-electron chi connectivity index (χ1n) is 10.8. The lowest BCUT2D eigenvalue weighted by Gasteiger charge is -2.33. The molecule has 5 rings (SSSR count). The summed E-state index contributed by atoms with van der Waals surface area (Å²) < 4.78 is 9.38. The third-order valence-electron chi connectivity index (χ3n) is 6.02. The monoisotopic (exact) mass is 470 g/mol.